The second kappa shape index (κ2) is 6.83. The zero-order valence-electron chi connectivity index (χ0n) is 15.3. The average molecular weight is 404 g/mol. The van der Waals surface area contributed by atoms with Crippen LogP contribution in [0.2, 0.25) is 0 Å². The summed E-state index contributed by atoms with van der Waals surface area (Å²) >= 11 is 0.838. The first-order valence-electron chi connectivity index (χ1n) is 8.31. The molecule has 0 atom stereocenters. The minimum atomic E-state index is -1.67. The van der Waals surface area contributed by atoms with Gasteiger partial charge in [-0.1, -0.05) is 18.2 Å². The van der Waals surface area contributed by atoms with Crippen molar-refractivity contribution in [1.29, 1.82) is 0 Å². The Morgan fingerprint density at radius 1 is 1.25 bits per heavy atom. The summed E-state index contributed by atoms with van der Waals surface area (Å²) in [6.45, 7) is 4.17. The molecule has 7 nitrogen and oxygen atoms in total. The second-order valence-corrected chi connectivity index (χ2v) is 7.84. The summed E-state index contributed by atoms with van der Waals surface area (Å²) in [5, 5.41) is 19.1. The molecule has 0 bridgehead atoms. The standard InChI is InChI=1S/C19H17FN2O5S/c1-9-13-15(28-14(9)17(24)25)21-12(8-10-6-4-5-7-11(10)20)22(16(13)23)19(2,3)18(26)27/h4-7H,8H2,1-3H3,(H,24,25)(H,26,27). The number of carboxylic acids is 2. The number of hydrogen-bond donors (Lipinski definition) is 2. The van der Waals surface area contributed by atoms with Crippen LogP contribution >= 0.6 is 11.3 Å². The molecule has 0 saturated carbocycles. The largest absolute Gasteiger partial charge is 0.480 e. The molecule has 2 aromatic heterocycles. The monoisotopic (exact) mass is 404 g/mol. The van der Waals surface area contributed by atoms with Crippen LogP contribution in [0.3, 0.4) is 0 Å². The molecule has 0 amide bonds. The molecule has 0 aliphatic rings. The number of carboxylic acid groups (broad SMARTS) is 2. The number of aryl methyl sites for hydroxylation is 1. The van der Waals surface area contributed by atoms with Crippen LogP contribution in [-0.2, 0) is 16.8 Å². The molecule has 3 rings (SSSR count). The van der Waals surface area contributed by atoms with Gasteiger partial charge in [-0.3, -0.25) is 9.36 Å². The van der Waals surface area contributed by atoms with Crippen molar-refractivity contribution in [2.45, 2.75) is 32.7 Å². The summed E-state index contributed by atoms with van der Waals surface area (Å²) in [5.41, 5.74) is -1.85. The van der Waals surface area contributed by atoms with E-state index in [4.69, 9.17) is 0 Å². The van der Waals surface area contributed by atoms with Gasteiger partial charge in [-0.2, -0.15) is 0 Å². The van der Waals surface area contributed by atoms with Gasteiger partial charge in [0, 0.05) is 6.42 Å². The number of fused-ring (bicyclic) bond motifs is 1. The Kier molecular flexibility index (Phi) is 4.80. The van der Waals surface area contributed by atoms with Crippen LogP contribution in [0.4, 0.5) is 4.39 Å². The average Bonchev–Trinajstić information content (AvgIpc) is 2.93. The molecule has 28 heavy (non-hydrogen) atoms. The van der Waals surface area contributed by atoms with E-state index in [2.05, 4.69) is 4.98 Å². The molecule has 2 heterocycles. The predicted octanol–water partition coefficient (Wildman–Crippen LogP) is 3.01. The quantitative estimate of drug-likeness (QED) is 0.677. The van der Waals surface area contributed by atoms with E-state index in [1.807, 2.05) is 0 Å². The summed E-state index contributed by atoms with van der Waals surface area (Å²) in [4.78, 5) is 41.0. The first-order chi connectivity index (χ1) is 13.1. The van der Waals surface area contributed by atoms with Crippen molar-refractivity contribution in [3.63, 3.8) is 0 Å². The molecule has 0 saturated heterocycles. The van der Waals surface area contributed by atoms with Gasteiger partial charge < -0.3 is 10.2 Å². The molecule has 1 aromatic carbocycles. The van der Waals surface area contributed by atoms with Crippen molar-refractivity contribution in [3.8, 4) is 0 Å². The van der Waals surface area contributed by atoms with Gasteiger partial charge in [-0.05, 0) is 38.0 Å². The second-order valence-electron chi connectivity index (χ2n) is 6.84. The Morgan fingerprint density at radius 3 is 2.46 bits per heavy atom. The topological polar surface area (TPSA) is 109 Å². The molecule has 0 aliphatic carbocycles. The SMILES string of the molecule is Cc1c(C(=O)O)sc2nc(Cc3ccccc3F)n(C(C)(C)C(=O)O)c(=O)c12. The number of aliphatic carboxylic acids is 1. The third-order valence-corrected chi connectivity index (χ3v) is 5.79. The zero-order chi connectivity index (χ0) is 20.8. The molecular formula is C19H17FN2O5S. The maximum absolute atomic E-state index is 14.1. The lowest BCUT2D eigenvalue weighted by atomic mass is 10.0. The van der Waals surface area contributed by atoms with E-state index in [-0.39, 0.29) is 38.5 Å². The fourth-order valence-electron chi connectivity index (χ4n) is 3.03. The van der Waals surface area contributed by atoms with Crippen LogP contribution in [-0.4, -0.2) is 31.7 Å². The fourth-order valence-corrected chi connectivity index (χ4v) is 4.06. The minimum absolute atomic E-state index is 0.0395. The Morgan fingerprint density at radius 2 is 1.89 bits per heavy atom. The van der Waals surface area contributed by atoms with Gasteiger partial charge in [0.25, 0.3) is 5.56 Å². The Balaban J connectivity index is 2.38. The molecule has 0 fully saturated rings. The van der Waals surface area contributed by atoms with Gasteiger partial charge in [-0.15, -0.1) is 11.3 Å². The predicted molar refractivity (Wildman–Crippen MR) is 102 cm³/mol. The maximum Gasteiger partial charge on any atom is 0.346 e. The fraction of sp³-hybridized carbons (Fsp3) is 0.263. The van der Waals surface area contributed by atoms with E-state index in [0.717, 1.165) is 15.9 Å². The first-order valence-corrected chi connectivity index (χ1v) is 9.13. The summed E-state index contributed by atoms with van der Waals surface area (Å²) in [6, 6.07) is 5.92. The maximum atomic E-state index is 14.1. The highest BCUT2D eigenvalue weighted by Crippen LogP contribution is 2.29. The lowest BCUT2D eigenvalue weighted by Crippen LogP contribution is -2.45. The van der Waals surface area contributed by atoms with Crippen LogP contribution in [0.5, 0.6) is 0 Å². The molecule has 0 unspecified atom stereocenters. The van der Waals surface area contributed by atoms with Crippen LogP contribution < -0.4 is 5.56 Å². The molecule has 146 valence electrons. The molecule has 0 spiro atoms. The summed E-state index contributed by atoms with van der Waals surface area (Å²) in [7, 11) is 0. The lowest BCUT2D eigenvalue weighted by molar-refractivity contribution is -0.146. The van der Waals surface area contributed by atoms with E-state index in [9.17, 15) is 29.0 Å². The molecule has 3 aromatic rings. The lowest BCUT2D eigenvalue weighted by Gasteiger charge is -2.25. The van der Waals surface area contributed by atoms with Crippen molar-refractivity contribution < 1.29 is 24.2 Å². The number of carbonyl (C=O) groups is 2. The Hall–Kier alpha value is -3.07. The smallest absolute Gasteiger partial charge is 0.346 e. The van der Waals surface area contributed by atoms with Crippen LogP contribution in [0.1, 0.15) is 40.5 Å². The van der Waals surface area contributed by atoms with Crippen LogP contribution in [0.25, 0.3) is 10.2 Å². The Labute approximate surface area is 162 Å². The minimum Gasteiger partial charge on any atom is -0.480 e. The molecule has 0 radical (unpaired) electrons. The van der Waals surface area contributed by atoms with E-state index >= 15 is 0 Å². The summed E-state index contributed by atoms with van der Waals surface area (Å²) < 4.78 is 15.2. The van der Waals surface area contributed by atoms with Gasteiger partial charge in [0.1, 0.15) is 26.9 Å². The number of aromatic nitrogens is 2. The van der Waals surface area contributed by atoms with Crippen molar-refractivity contribution in [3.05, 3.63) is 62.3 Å². The third kappa shape index (κ3) is 3.07. The third-order valence-electron chi connectivity index (χ3n) is 4.62. The number of benzene rings is 1. The number of hydrogen-bond acceptors (Lipinski definition) is 5. The van der Waals surface area contributed by atoms with Gasteiger partial charge in [0.2, 0.25) is 0 Å². The van der Waals surface area contributed by atoms with Gasteiger partial charge in [-0.25, -0.2) is 19.0 Å². The number of nitrogens with zero attached hydrogens (tertiary/aromatic N) is 2. The number of thiophene rings is 1. The van der Waals surface area contributed by atoms with Crippen molar-refractivity contribution >= 4 is 33.5 Å². The number of rotatable bonds is 5. The summed E-state index contributed by atoms with van der Waals surface area (Å²) in [6.07, 6.45) is -0.117. The van der Waals surface area contributed by atoms with Crippen LogP contribution in [0.15, 0.2) is 29.1 Å². The molecule has 9 heteroatoms. The normalized spacial score (nSPS) is 11.7. The highest BCUT2D eigenvalue weighted by atomic mass is 32.1. The highest BCUT2D eigenvalue weighted by Gasteiger charge is 2.35. The number of halogens is 1. The zero-order valence-corrected chi connectivity index (χ0v) is 16.1. The van der Waals surface area contributed by atoms with Gasteiger partial charge >= 0.3 is 11.9 Å². The highest BCUT2D eigenvalue weighted by molar-refractivity contribution is 7.20. The molecule has 2 N–H and O–H groups in total. The van der Waals surface area contributed by atoms with Crippen molar-refractivity contribution in [2.75, 3.05) is 0 Å². The van der Waals surface area contributed by atoms with Gasteiger partial charge in [0.15, 0.2) is 0 Å². The van der Waals surface area contributed by atoms with Crippen molar-refractivity contribution in [2.24, 2.45) is 0 Å². The van der Waals surface area contributed by atoms with E-state index < -0.39 is 28.9 Å². The van der Waals surface area contributed by atoms with E-state index in [1.165, 1.54) is 39.0 Å². The summed E-state index contributed by atoms with van der Waals surface area (Å²) in [5.74, 6) is -2.92. The molecular weight excluding hydrogens is 387 g/mol. The van der Waals surface area contributed by atoms with Gasteiger partial charge in [0.05, 0.1) is 5.39 Å². The number of aromatic carboxylic acids is 1. The molecule has 0 aliphatic heterocycles. The van der Waals surface area contributed by atoms with E-state index in [0.29, 0.717) is 0 Å². The van der Waals surface area contributed by atoms with Crippen LogP contribution in [0, 0.1) is 12.7 Å². The first kappa shape index (κ1) is 19.7. The van der Waals surface area contributed by atoms with Crippen molar-refractivity contribution in [1.82, 2.24) is 9.55 Å². The Bertz CT molecular complexity index is 1180. The van der Waals surface area contributed by atoms with E-state index in [1.54, 1.807) is 6.07 Å².